The molecule has 0 saturated carbocycles. The van der Waals surface area contributed by atoms with Crippen LogP contribution in [0.3, 0.4) is 0 Å². The van der Waals surface area contributed by atoms with E-state index in [0.717, 1.165) is 45.4 Å². The summed E-state index contributed by atoms with van der Waals surface area (Å²) >= 11 is 0. The van der Waals surface area contributed by atoms with E-state index in [0.29, 0.717) is 5.92 Å². The van der Waals surface area contributed by atoms with E-state index in [1.165, 1.54) is 12.8 Å². The van der Waals surface area contributed by atoms with Gasteiger partial charge in [0, 0.05) is 6.54 Å². The van der Waals surface area contributed by atoms with Gasteiger partial charge in [-0.1, -0.05) is 0 Å². The molecular weight excluding hydrogens is 202 g/mol. The second-order valence-corrected chi connectivity index (χ2v) is 4.96. The highest BCUT2D eigenvalue weighted by molar-refractivity contribution is 5.81. The highest BCUT2D eigenvalue weighted by Gasteiger charge is 2.21. The van der Waals surface area contributed by atoms with E-state index in [9.17, 15) is 4.79 Å². The van der Waals surface area contributed by atoms with E-state index in [1.54, 1.807) is 0 Å². The quantitative estimate of drug-likeness (QED) is 0.645. The molecule has 2 fully saturated rings. The molecule has 2 atom stereocenters. The normalized spacial score (nSPS) is 31.9. The summed E-state index contributed by atoms with van der Waals surface area (Å²) in [7, 11) is 0. The van der Waals surface area contributed by atoms with Crippen LogP contribution in [0.25, 0.3) is 0 Å². The minimum absolute atomic E-state index is 0.0458. The predicted molar refractivity (Wildman–Crippen MR) is 64.2 cm³/mol. The standard InChI is InChI=1S/C12H23N3O/c16-12-11(5-1-2-7-14-12)15-9-10-4-3-6-13-8-10/h10-11,13,15H,1-9H2,(H,14,16). The van der Waals surface area contributed by atoms with Crippen LogP contribution in [-0.2, 0) is 4.79 Å². The van der Waals surface area contributed by atoms with Gasteiger partial charge in [0.1, 0.15) is 0 Å². The number of carbonyl (C=O) groups is 1. The molecule has 0 aromatic rings. The van der Waals surface area contributed by atoms with Crippen LogP contribution in [-0.4, -0.2) is 38.1 Å². The summed E-state index contributed by atoms with van der Waals surface area (Å²) in [5.41, 5.74) is 0. The first-order valence-electron chi connectivity index (χ1n) is 6.58. The van der Waals surface area contributed by atoms with Crippen molar-refractivity contribution in [2.75, 3.05) is 26.2 Å². The molecule has 4 heteroatoms. The highest BCUT2D eigenvalue weighted by atomic mass is 16.2. The van der Waals surface area contributed by atoms with Gasteiger partial charge >= 0.3 is 0 Å². The average molecular weight is 225 g/mol. The molecule has 0 aromatic heterocycles. The lowest BCUT2D eigenvalue weighted by atomic mass is 9.99. The molecule has 2 heterocycles. The first-order chi connectivity index (χ1) is 7.86. The van der Waals surface area contributed by atoms with Crippen LogP contribution in [0.4, 0.5) is 0 Å². The molecule has 4 nitrogen and oxygen atoms in total. The van der Waals surface area contributed by atoms with Crippen molar-refractivity contribution in [3.63, 3.8) is 0 Å². The van der Waals surface area contributed by atoms with Crippen LogP contribution in [0.15, 0.2) is 0 Å². The Morgan fingerprint density at radius 2 is 2.12 bits per heavy atom. The van der Waals surface area contributed by atoms with Gasteiger partial charge in [-0.05, 0) is 57.7 Å². The molecule has 0 bridgehead atoms. The molecule has 92 valence electrons. The molecule has 0 spiro atoms. The third-order valence-electron chi connectivity index (χ3n) is 3.59. The zero-order valence-electron chi connectivity index (χ0n) is 9.93. The Morgan fingerprint density at radius 3 is 2.94 bits per heavy atom. The monoisotopic (exact) mass is 225 g/mol. The second kappa shape index (κ2) is 6.21. The second-order valence-electron chi connectivity index (χ2n) is 4.96. The van der Waals surface area contributed by atoms with E-state index in [2.05, 4.69) is 16.0 Å². The molecule has 2 aliphatic heterocycles. The molecular formula is C12H23N3O. The summed E-state index contributed by atoms with van der Waals surface area (Å²) in [6.07, 6.45) is 5.82. The minimum atomic E-state index is 0.0458. The van der Waals surface area contributed by atoms with Gasteiger partial charge in [0.15, 0.2) is 0 Å². The molecule has 3 N–H and O–H groups in total. The van der Waals surface area contributed by atoms with Gasteiger partial charge in [-0.15, -0.1) is 0 Å². The lowest BCUT2D eigenvalue weighted by Crippen LogP contribution is -2.46. The van der Waals surface area contributed by atoms with Gasteiger partial charge in [0.2, 0.25) is 5.91 Å². The fourth-order valence-electron chi connectivity index (χ4n) is 2.54. The number of amides is 1. The van der Waals surface area contributed by atoms with Crippen molar-refractivity contribution in [3.05, 3.63) is 0 Å². The van der Waals surface area contributed by atoms with Gasteiger partial charge in [0.05, 0.1) is 6.04 Å². The summed E-state index contributed by atoms with van der Waals surface area (Å²) < 4.78 is 0. The van der Waals surface area contributed by atoms with Crippen molar-refractivity contribution in [1.29, 1.82) is 0 Å². The van der Waals surface area contributed by atoms with Gasteiger partial charge < -0.3 is 16.0 Å². The van der Waals surface area contributed by atoms with E-state index >= 15 is 0 Å². The van der Waals surface area contributed by atoms with E-state index in [4.69, 9.17) is 0 Å². The number of hydrogen-bond acceptors (Lipinski definition) is 3. The summed E-state index contributed by atoms with van der Waals surface area (Å²) in [5, 5.41) is 9.80. The highest BCUT2D eigenvalue weighted by Crippen LogP contribution is 2.10. The lowest BCUT2D eigenvalue weighted by Gasteiger charge is -2.25. The Kier molecular flexibility index (Phi) is 4.60. The third kappa shape index (κ3) is 3.46. The summed E-state index contributed by atoms with van der Waals surface area (Å²) in [5.74, 6) is 0.895. The summed E-state index contributed by atoms with van der Waals surface area (Å²) in [4.78, 5) is 11.7. The van der Waals surface area contributed by atoms with Crippen molar-refractivity contribution in [1.82, 2.24) is 16.0 Å². The Morgan fingerprint density at radius 1 is 1.19 bits per heavy atom. The van der Waals surface area contributed by atoms with Crippen LogP contribution in [0.1, 0.15) is 32.1 Å². The van der Waals surface area contributed by atoms with Gasteiger partial charge in [0.25, 0.3) is 0 Å². The van der Waals surface area contributed by atoms with Crippen LogP contribution >= 0.6 is 0 Å². The number of nitrogens with one attached hydrogen (secondary N) is 3. The topological polar surface area (TPSA) is 53.2 Å². The van der Waals surface area contributed by atoms with Gasteiger partial charge in [-0.3, -0.25) is 4.79 Å². The van der Waals surface area contributed by atoms with Crippen LogP contribution in [0.2, 0.25) is 0 Å². The first kappa shape index (κ1) is 11.9. The molecule has 0 radical (unpaired) electrons. The zero-order valence-corrected chi connectivity index (χ0v) is 9.93. The van der Waals surface area contributed by atoms with Crippen molar-refractivity contribution in [2.24, 2.45) is 5.92 Å². The molecule has 0 aliphatic carbocycles. The zero-order chi connectivity index (χ0) is 11.2. The Bertz CT molecular complexity index is 226. The van der Waals surface area contributed by atoms with E-state index in [-0.39, 0.29) is 11.9 Å². The maximum atomic E-state index is 11.7. The molecule has 2 saturated heterocycles. The van der Waals surface area contributed by atoms with Gasteiger partial charge in [-0.25, -0.2) is 0 Å². The van der Waals surface area contributed by atoms with Gasteiger partial charge in [-0.2, -0.15) is 0 Å². The van der Waals surface area contributed by atoms with Crippen LogP contribution in [0.5, 0.6) is 0 Å². The van der Waals surface area contributed by atoms with Crippen molar-refractivity contribution < 1.29 is 4.79 Å². The van der Waals surface area contributed by atoms with Crippen molar-refractivity contribution in [3.8, 4) is 0 Å². The van der Waals surface area contributed by atoms with E-state index in [1.807, 2.05) is 0 Å². The maximum absolute atomic E-state index is 11.7. The minimum Gasteiger partial charge on any atom is -0.355 e. The SMILES string of the molecule is O=C1NCCCCC1NCC1CCCNC1. The molecule has 2 aliphatic rings. The fraction of sp³-hybridized carbons (Fsp3) is 0.917. The molecule has 0 aromatic carbocycles. The molecule has 2 rings (SSSR count). The van der Waals surface area contributed by atoms with Crippen LogP contribution < -0.4 is 16.0 Å². The smallest absolute Gasteiger partial charge is 0.237 e. The van der Waals surface area contributed by atoms with Crippen molar-refractivity contribution >= 4 is 5.91 Å². The maximum Gasteiger partial charge on any atom is 0.237 e. The summed E-state index contributed by atoms with van der Waals surface area (Å²) in [6.45, 7) is 4.08. The molecule has 16 heavy (non-hydrogen) atoms. The lowest BCUT2D eigenvalue weighted by molar-refractivity contribution is -0.122. The van der Waals surface area contributed by atoms with Crippen LogP contribution in [0, 0.1) is 5.92 Å². The number of hydrogen-bond donors (Lipinski definition) is 3. The molecule has 1 amide bonds. The summed E-state index contributed by atoms with van der Waals surface area (Å²) in [6, 6.07) is 0.0458. The predicted octanol–water partition coefficient (Wildman–Crippen LogP) is 0.244. The Hall–Kier alpha value is -0.610. The van der Waals surface area contributed by atoms with Crippen molar-refractivity contribution in [2.45, 2.75) is 38.1 Å². The number of carbonyl (C=O) groups excluding carboxylic acids is 1. The molecule has 2 unspecified atom stereocenters. The Balaban J connectivity index is 1.72. The third-order valence-corrected chi connectivity index (χ3v) is 3.59. The number of piperidine rings is 1. The Labute approximate surface area is 97.6 Å². The van der Waals surface area contributed by atoms with E-state index < -0.39 is 0 Å². The average Bonchev–Trinajstić information content (AvgIpc) is 2.53. The first-order valence-corrected chi connectivity index (χ1v) is 6.58. The number of rotatable bonds is 3. The largest absolute Gasteiger partial charge is 0.355 e. The fourth-order valence-corrected chi connectivity index (χ4v) is 2.54.